The molecule has 3 aliphatic rings. The molecule has 4 rings (SSSR count). The molecular formula is C17H22N2O2S. The number of likely N-dealkylation sites (tertiary alicyclic amines) is 2. The molecule has 1 aliphatic carbocycles. The lowest BCUT2D eigenvalue weighted by atomic mass is 9.85. The molecule has 0 aromatic carbocycles. The molecule has 0 radical (unpaired) electrons. The van der Waals surface area contributed by atoms with Crippen molar-refractivity contribution in [2.24, 2.45) is 5.92 Å². The van der Waals surface area contributed by atoms with Crippen LogP contribution in [0, 0.1) is 5.92 Å². The number of rotatable bonds is 3. The summed E-state index contributed by atoms with van der Waals surface area (Å²) < 4.78 is 0. The van der Waals surface area contributed by atoms with Crippen molar-refractivity contribution in [3.05, 3.63) is 22.4 Å². The number of hydrogen-bond donors (Lipinski definition) is 0. The van der Waals surface area contributed by atoms with Crippen molar-refractivity contribution in [1.29, 1.82) is 0 Å². The molecule has 4 nitrogen and oxygen atoms in total. The summed E-state index contributed by atoms with van der Waals surface area (Å²) in [5.74, 6) is 1.07. The van der Waals surface area contributed by atoms with Crippen LogP contribution in [-0.4, -0.2) is 46.8 Å². The summed E-state index contributed by atoms with van der Waals surface area (Å²) >= 11 is 1.56. The highest BCUT2D eigenvalue weighted by molar-refractivity contribution is 7.08. The van der Waals surface area contributed by atoms with Gasteiger partial charge in [0.25, 0.3) is 5.91 Å². The van der Waals surface area contributed by atoms with Gasteiger partial charge in [0.1, 0.15) is 0 Å². The molecule has 1 saturated carbocycles. The van der Waals surface area contributed by atoms with E-state index in [2.05, 4.69) is 0 Å². The maximum absolute atomic E-state index is 12.9. The second-order valence-corrected chi connectivity index (χ2v) is 7.82. The molecule has 1 unspecified atom stereocenters. The van der Waals surface area contributed by atoms with Gasteiger partial charge in [-0.15, -0.1) is 0 Å². The first kappa shape index (κ1) is 14.2. The molecule has 2 aliphatic heterocycles. The van der Waals surface area contributed by atoms with Crippen molar-refractivity contribution >= 4 is 23.2 Å². The van der Waals surface area contributed by atoms with E-state index in [1.165, 1.54) is 12.8 Å². The van der Waals surface area contributed by atoms with Gasteiger partial charge in [-0.05, 0) is 49.5 Å². The summed E-state index contributed by atoms with van der Waals surface area (Å²) in [6.07, 6.45) is 6.18. The van der Waals surface area contributed by atoms with E-state index in [0.29, 0.717) is 12.3 Å². The van der Waals surface area contributed by atoms with E-state index in [-0.39, 0.29) is 17.4 Å². The summed E-state index contributed by atoms with van der Waals surface area (Å²) in [5, 5.41) is 3.87. The molecular weight excluding hydrogens is 296 g/mol. The van der Waals surface area contributed by atoms with Gasteiger partial charge in [-0.25, -0.2) is 0 Å². The molecule has 2 saturated heterocycles. The Bertz CT molecular complexity index is 581. The van der Waals surface area contributed by atoms with Gasteiger partial charge in [0, 0.05) is 25.0 Å². The second-order valence-electron chi connectivity index (χ2n) is 7.04. The van der Waals surface area contributed by atoms with Gasteiger partial charge >= 0.3 is 0 Å². The van der Waals surface area contributed by atoms with Gasteiger partial charge < -0.3 is 9.80 Å². The largest absolute Gasteiger partial charge is 0.340 e. The van der Waals surface area contributed by atoms with Crippen LogP contribution in [0.2, 0.25) is 0 Å². The minimum absolute atomic E-state index is 0.113. The molecule has 0 bridgehead atoms. The number of carbonyl (C=O) groups is 2. The van der Waals surface area contributed by atoms with Crippen LogP contribution in [0.4, 0.5) is 0 Å². The average Bonchev–Trinajstić information content (AvgIpc) is 3.05. The van der Waals surface area contributed by atoms with Crippen LogP contribution in [0.25, 0.3) is 0 Å². The maximum Gasteiger partial charge on any atom is 0.255 e. The monoisotopic (exact) mass is 318 g/mol. The average molecular weight is 318 g/mol. The van der Waals surface area contributed by atoms with Crippen LogP contribution in [0.1, 0.15) is 48.9 Å². The quantitative estimate of drug-likeness (QED) is 0.860. The zero-order chi connectivity index (χ0) is 15.2. The molecule has 5 heteroatoms. The van der Waals surface area contributed by atoms with Crippen LogP contribution >= 0.6 is 11.3 Å². The highest BCUT2D eigenvalue weighted by Crippen LogP contribution is 2.40. The van der Waals surface area contributed by atoms with Crippen molar-refractivity contribution in [2.45, 2.75) is 44.1 Å². The molecule has 22 heavy (non-hydrogen) atoms. The lowest BCUT2D eigenvalue weighted by Crippen LogP contribution is -2.56. The van der Waals surface area contributed by atoms with Crippen LogP contribution in [-0.2, 0) is 4.79 Å². The van der Waals surface area contributed by atoms with E-state index in [0.717, 1.165) is 44.5 Å². The van der Waals surface area contributed by atoms with Gasteiger partial charge in [-0.3, -0.25) is 9.59 Å². The van der Waals surface area contributed by atoms with Gasteiger partial charge in [0.05, 0.1) is 17.5 Å². The second kappa shape index (κ2) is 5.37. The van der Waals surface area contributed by atoms with Gasteiger partial charge in [-0.2, -0.15) is 11.3 Å². The predicted molar refractivity (Wildman–Crippen MR) is 85.9 cm³/mol. The van der Waals surface area contributed by atoms with Crippen LogP contribution in [0.15, 0.2) is 16.8 Å². The number of thiophene rings is 1. The zero-order valence-electron chi connectivity index (χ0n) is 12.8. The highest BCUT2D eigenvalue weighted by atomic mass is 32.1. The summed E-state index contributed by atoms with van der Waals surface area (Å²) in [4.78, 5) is 29.4. The molecule has 1 atom stereocenters. The summed E-state index contributed by atoms with van der Waals surface area (Å²) in [6, 6.07) is 1.90. The fourth-order valence-electron chi connectivity index (χ4n) is 3.97. The minimum Gasteiger partial charge on any atom is -0.340 e. The lowest BCUT2D eigenvalue weighted by Gasteiger charge is -2.44. The number of amides is 2. The molecule has 1 aromatic heterocycles. The first-order valence-corrected chi connectivity index (χ1v) is 9.24. The van der Waals surface area contributed by atoms with Gasteiger partial charge in [0.15, 0.2) is 0 Å². The molecule has 0 N–H and O–H groups in total. The summed E-state index contributed by atoms with van der Waals surface area (Å²) in [7, 11) is 0. The van der Waals surface area contributed by atoms with Gasteiger partial charge in [-0.1, -0.05) is 0 Å². The van der Waals surface area contributed by atoms with Crippen molar-refractivity contribution in [3.8, 4) is 0 Å². The fraction of sp³-hybridized carbons (Fsp3) is 0.647. The van der Waals surface area contributed by atoms with E-state index in [4.69, 9.17) is 0 Å². The number of piperidine rings is 1. The first-order chi connectivity index (χ1) is 10.7. The summed E-state index contributed by atoms with van der Waals surface area (Å²) in [6.45, 7) is 2.44. The van der Waals surface area contributed by atoms with Crippen LogP contribution < -0.4 is 0 Å². The highest BCUT2D eigenvalue weighted by Gasteiger charge is 2.50. The third-order valence-electron chi connectivity index (χ3n) is 5.35. The number of carbonyl (C=O) groups excluding carboxylic acids is 2. The Morgan fingerprint density at radius 3 is 2.95 bits per heavy atom. The molecule has 1 aromatic rings. The molecule has 118 valence electrons. The van der Waals surface area contributed by atoms with Gasteiger partial charge in [0.2, 0.25) is 5.91 Å². The van der Waals surface area contributed by atoms with E-state index in [1.807, 2.05) is 26.6 Å². The minimum atomic E-state index is -0.247. The Kier molecular flexibility index (Phi) is 3.48. The lowest BCUT2D eigenvalue weighted by molar-refractivity contribution is -0.128. The predicted octanol–water partition coefficient (Wildman–Crippen LogP) is 2.76. The molecule has 2 amide bonds. The normalized spacial score (nSPS) is 28.6. The standard InChI is InChI=1S/C17H22N2O2S/c20-15-9-17(12-18(15)10-13-3-4-13)6-1-2-7-19(17)16(21)14-5-8-22-11-14/h5,8,11,13H,1-4,6-7,9-10,12H2. The Balaban J connectivity index is 1.57. The number of hydrogen-bond acceptors (Lipinski definition) is 3. The molecule has 3 fully saturated rings. The van der Waals surface area contributed by atoms with Crippen molar-refractivity contribution in [2.75, 3.05) is 19.6 Å². The van der Waals surface area contributed by atoms with Crippen LogP contribution in [0.3, 0.4) is 0 Å². The molecule has 3 heterocycles. The fourth-order valence-corrected chi connectivity index (χ4v) is 4.60. The van der Waals surface area contributed by atoms with E-state index in [9.17, 15) is 9.59 Å². The zero-order valence-corrected chi connectivity index (χ0v) is 13.6. The maximum atomic E-state index is 12.9. The van der Waals surface area contributed by atoms with Crippen molar-refractivity contribution in [3.63, 3.8) is 0 Å². The third-order valence-corrected chi connectivity index (χ3v) is 6.04. The van der Waals surface area contributed by atoms with E-state index >= 15 is 0 Å². The smallest absolute Gasteiger partial charge is 0.255 e. The molecule has 1 spiro atoms. The topological polar surface area (TPSA) is 40.6 Å². The Morgan fingerprint density at radius 2 is 2.23 bits per heavy atom. The van der Waals surface area contributed by atoms with Crippen molar-refractivity contribution < 1.29 is 9.59 Å². The number of nitrogens with zero attached hydrogens (tertiary/aromatic N) is 2. The Morgan fingerprint density at radius 1 is 1.36 bits per heavy atom. The Hall–Kier alpha value is -1.36. The SMILES string of the molecule is O=C1CC2(CCCCN2C(=O)c2ccsc2)CN1CC1CC1. The summed E-state index contributed by atoms with van der Waals surface area (Å²) in [5.41, 5.74) is 0.530. The Labute approximate surface area is 135 Å². The third kappa shape index (κ3) is 2.45. The van der Waals surface area contributed by atoms with Crippen LogP contribution in [0.5, 0.6) is 0 Å². The first-order valence-electron chi connectivity index (χ1n) is 8.30. The van der Waals surface area contributed by atoms with E-state index < -0.39 is 0 Å². The van der Waals surface area contributed by atoms with Crippen molar-refractivity contribution in [1.82, 2.24) is 9.80 Å². The van der Waals surface area contributed by atoms with E-state index in [1.54, 1.807) is 11.3 Å².